The highest BCUT2D eigenvalue weighted by molar-refractivity contribution is 5.37. The van der Waals surface area contributed by atoms with Crippen LogP contribution in [0.2, 0.25) is 0 Å². The van der Waals surface area contributed by atoms with Crippen LogP contribution in [0.4, 0.5) is 5.82 Å². The van der Waals surface area contributed by atoms with Crippen LogP contribution >= 0.6 is 0 Å². The number of aryl methyl sites for hydroxylation is 1. The molecule has 0 amide bonds. The van der Waals surface area contributed by atoms with Crippen molar-refractivity contribution in [3.8, 4) is 0 Å². The van der Waals surface area contributed by atoms with E-state index in [0.717, 1.165) is 17.8 Å². The average molecular weight is 243 g/mol. The highest BCUT2D eigenvalue weighted by Gasteiger charge is 2.52. The summed E-state index contributed by atoms with van der Waals surface area (Å²) in [4.78, 5) is 0. The fourth-order valence-corrected chi connectivity index (χ4v) is 5.43. The maximum atomic E-state index is 5.75. The van der Waals surface area contributed by atoms with Gasteiger partial charge in [-0.3, -0.25) is 0 Å². The second kappa shape index (κ2) is 3.46. The summed E-state index contributed by atoms with van der Waals surface area (Å²) < 4.78 is 0. The van der Waals surface area contributed by atoms with E-state index in [1.807, 2.05) is 6.07 Å². The Kier molecular flexibility index (Phi) is 2.07. The fraction of sp³-hybridized carbons (Fsp3) is 0.733. The molecule has 4 aliphatic rings. The van der Waals surface area contributed by atoms with Crippen LogP contribution in [0.15, 0.2) is 6.07 Å². The number of anilines is 1. The Bertz CT molecular complexity index is 459. The first-order chi connectivity index (χ1) is 8.64. The molecule has 3 nitrogen and oxygen atoms in total. The van der Waals surface area contributed by atoms with Gasteiger partial charge in [-0.05, 0) is 74.8 Å². The predicted molar refractivity (Wildman–Crippen MR) is 71.0 cm³/mol. The molecule has 0 aromatic carbocycles. The van der Waals surface area contributed by atoms with Crippen LogP contribution in [0.3, 0.4) is 0 Å². The van der Waals surface area contributed by atoms with Gasteiger partial charge in [0.25, 0.3) is 0 Å². The van der Waals surface area contributed by atoms with Crippen LogP contribution in [-0.2, 0) is 5.41 Å². The van der Waals surface area contributed by atoms with Gasteiger partial charge in [-0.25, -0.2) is 0 Å². The molecule has 0 aliphatic heterocycles. The molecule has 1 heterocycles. The topological polar surface area (TPSA) is 51.8 Å². The number of rotatable bonds is 1. The molecular weight excluding hydrogens is 222 g/mol. The van der Waals surface area contributed by atoms with Crippen molar-refractivity contribution in [3.63, 3.8) is 0 Å². The van der Waals surface area contributed by atoms with Crippen LogP contribution in [0, 0.1) is 24.7 Å². The lowest BCUT2D eigenvalue weighted by Gasteiger charge is -2.56. The lowest BCUT2D eigenvalue weighted by molar-refractivity contribution is -0.00788. The Balaban J connectivity index is 1.79. The van der Waals surface area contributed by atoms with Crippen LogP contribution in [0.25, 0.3) is 0 Å². The molecule has 1 aromatic heterocycles. The molecule has 1 aromatic rings. The summed E-state index contributed by atoms with van der Waals surface area (Å²) in [5, 5.41) is 8.62. The van der Waals surface area contributed by atoms with Crippen LogP contribution in [0.1, 0.15) is 49.8 Å². The van der Waals surface area contributed by atoms with Crippen molar-refractivity contribution in [2.75, 3.05) is 5.73 Å². The second-order valence-electron chi connectivity index (χ2n) is 7.00. The average Bonchev–Trinajstić information content (AvgIpc) is 2.26. The van der Waals surface area contributed by atoms with Gasteiger partial charge < -0.3 is 5.73 Å². The molecule has 3 heteroatoms. The minimum Gasteiger partial charge on any atom is -0.382 e. The third-order valence-electron chi connectivity index (χ3n) is 5.54. The molecule has 0 atom stereocenters. The lowest BCUT2D eigenvalue weighted by atomic mass is 9.48. The summed E-state index contributed by atoms with van der Waals surface area (Å²) in [5.74, 6) is 3.42. The zero-order chi connectivity index (χ0) is 12.3. The van der Waals surface area contributed by atoms with Gasteiger partial charge >= 0.3 is 0 Å². The molecule has 2 N–H and O–H groups in total. The van der Waals surface area contributed by atoms with Gasteiger partial charge in [-0.2, -0.15) is 5.10 Å². The number of nitrogens with zero attached hydrogens (tertiary/aromatic N) is 2. The van der Waals surface area contributed by atoms with Gasteiger partial charge in [0.1, 0.15) is 5.82 Å². The number of aromatic nitrogens is 2. The van der Waals surface area contributed by atoms with E-state index in [4.69, 9.17) is 5.73 Å². The van der Waals surface area contributed by atoms with Gasteiger partial charge in [0.15, 0.2) is 0 Å². The number of hydrogen-bond donors (Lipinski definition) is 1. The van der Waals surface area contributed by atoms with E-state index < -0.39 is 0 Å². The van der Waals surface area contributed by atoms with E-state index >= 15 is 0 Å². The smallest absolute Gasteiger partial charge is 0.146 e. The molecular formula is C15H21N3. The fourth-order valence-electron chi connectivity index (χ4n) is 5.43. The maximum Gasteiger partial charge on any atom is 0.146 e. The first kappa shape index (κ1) is 10.8. The van der Waals surface area contributed by atoms with Gasteiger partial charge in [0.2, 0.25) is 0 Å². The Labute approximate surface area is 108 Å². The van der Waals surface area contributed by atoms with Crippen molar-refractivity contribution in [2.24, 2.45) is 17.8 Å². The van der Waals surface area contributed by atoms with Gasteiger partial charge in [-0.15, -0.1) is 5.10 Å². The van der Waals surface area contributed by atoms with Gasteiger partial charge in [-0.1, -0.05) is 0 Å². The minimum atomic E-state index is 0.347. The van der Waals surface area contributed by atoms with Crippen molar-refractivity contribution in [1.29, 1.82) is 0 Å². The van der Waals surface area contributed by atoms with Crippen molar-refractivity contribution < 1.29 is 0 Å². The molecule has 4 fully saturated rings. The van der Waals surface area contributed by atoms with Crippen molar-refractivity contribution in [2.45, 2.75) is 50.9 Å². The normalized spacial score (nSPS) is 41.3. The molecule has 18 heavy (non-hydrogen) atoms. The predicted octanol–water partition coefficient (Wildman–Crippen LogP) is 2.84. The Morgan fingerprint density at radius 2 is 1.61 bits per heavy atom. The molecule has 4 saturated carbocycles. The SMILES string of the molecule is Cc1cc(N)nnc1C12CC3CC(CC(C3)C1)C2. The maximum absolute atomic E-state index is 5.75. The Hall–Kier alpha value is -1.12. The first-order valence-electron chi connectivity index (χ1n) is 7.25. The zero-order valence-corrected chi connectivity index (χ0v) is 11.0. The third-order valence-corrected chi connectivity index (χ3v) is 5.54. The number of nitrogen functional groups attached to an aromatic ring is 1. The second-order valence-corrected chi connectivity index (χ2v) is 7.00. The molecule has 96 valence electrons. The van der Waals surface area contributed by atoms with E-state index in [1.54, 1.807) is 0 Å². The molecule has 5 rings (SSSR count). The van der Waals surface area contributed by atoms with Crippen LogP contribution in [0.5, 0.6) is 0 Å². The zero-order valence-electron chi connectivity index (χ0n) is 11.0. The number of nitrogens with two attached hydrogens (primary N) is 1. The molecule has 4 bridgehead atoms. The lowest BCUT2D eigenvalue weighted by Crippen LogP contribution is -2.49. The molecule has 4 aliphatic carbocycles. The molecule has 0 radical (unpaired) electrons. The molecule has 0 spiro atoms. The van der Waals surface area contributed by atoms with Crippen LogP contribution < -0.4 is 5.73 Å². The summed E-state index contributed by atoms with van der Waals surface area (Å²) in [6, 6.07) is 2.00. The quantitative estimate of drug-likeness (QED) is 0.825. The van der Waals surface area contributed by atoms with E-state index in [0.29, 0.717) is 11.2 Å². The molecule has 0 saturated heterocycles. The minimum absolute atomic E-state index is 0.347. The van der Waals surface area contributed by atoms with E-state index in [1.165, 1.54) is 49.8 Å². The highest BCUT2D eigenvalue weighted by Crippen LogP contribution is 2.60. The summed E-state index contributed by atoms with van der Waals surface area (Å²) in [6.07, 6.45) is 8.46. The monoisotopic (exact) mass is 243 g/mol. The van der Waals surface area contributed by atoms with Gasteiger partial charge in [0.05, 0.1) is 5.69 Å². The Morgan fingerprint density at radius 1 is 1.06 bits per heavy atom. The number of hydrogen-bond acceptors (Lipinski definition) is 3. The summed E-state index contributed by atoms with van der Waals surface area (Å²) in [7, 11) is 0. The standard InChI is InChI=1S/C15H21N3/c1-9-2-13(16)17-18-14(9)15-6-10-3-11(7-15)5-12(4-10)8-15/h2,10-12H,3-8H2,1H3,(H2,16,17). The molecule has 0 unspecified atom stereocenters. The first-order valence-corrected chi connectivity index (χ1v) is 7.25. The highest BCUT2D eigenvalue weighted by atomic mass is 15.1. The third kappa shape index (κ3) is 1.42. The van der Waals surface area contributed by atoms with E-state index in [9.17, 15) is 0 Å². The van der Waals surface area contributed by atoms with Gasteiger partial charge in [0, 0.05) is 5.41 Å². The van der Waals surface area contributed by atoms with E-state index in [2.05, 4.69) is 17.1 Å². The van der Waals surface area contributed by atoms with E-state index in [-0.39, 0.29) is 0 Å². The van der Waals surface area contributed by atoms with Crippen molar-refractivity contribution in [1.82, 2.24) is 10.2 Å². The van der Waals surface area contributed by atoms with Crippen molar-refractivity contribution >= 4 is 5.82 Å². The summed E-state index contributed by atoms with van der Waals surface area (Å²) in [5.41, 5.74) is 8.61. The van der Waals surface area contributed by atoms with Crippen molar-refractivity contribution in [3.05, 3.63) is 17.3 Å². The Morgan fingerprint density at radius 3 is 2.11 bits per heavy atom. The summed E-state index contributed by atoms with van der Waals surface area (Å²) >= 11 is 0. The summed E-state index contributed by atoms with van der Waals surface area (Å²) in [6.45, 7) is 2.15. The van der Waals surface area contributed by atoms with Crippen LogP contribution in [-0.4, -0.2) is 10.2 Å². The largest absolute Gasteiger partial charge is 0.382 e.